The van der Waals surface area contributed by atoms with Gasteiger partial charge < -0.3 is 4.55 Å². The molecule has 31 heteroatoms. The monoisotopic (exact) mass is 1620 g/mol. The zero-order valence-corrected chi connectivity index (χ0v) is 73.0. The van der Waals surface area contributed by atoms with Gasteiger partial charge >= 0.3 is 81.6 Å². The zero-order valence-electron chi connectivity index (χ0n) is 66.1. The van der Waals surface area contributed by atoms with E-state index in [2.05, 4.69) is 66.6 Å². The van der Waals surface area contributed by atoms with Crippen LogP contribution in [0.3, 0.4) is 0 Å². The first kappa shape index (κ1) is 116. The standard InChI is InChI=1S/6C12H26O4S.Na/c6*1-2-3-4-5-6-7-8-9-10-11-12-16-17(13,14)15;/h6*2-12H2,1H3,(H,13,14,15);/q;;;;;;+1/p-1. The van der Waals surface area contributed by atoms with Crippen molar-refractivity contribution in [3.05, 3.63) is 0 Å². The van der Waals surface area contributed by atoms with Gasteiger partial charge in [0, 0.05) is 0 Å². The average Bonchev–Trinajstić information content (AvgIpc) is 1.19. The predicted octanol–water partition coefficient (Wildman–Crippen LogP) is 19.0. The predicted molar refractivity (Wildman–Crippen MR) is 414 cm³/mol. The van der Waals surface area contributed by atoms with Crippen LogP contribution in [0.5, 0.6) is 0 Å². The van der Waals surface area contributed by atoms with Crippen molar-refractivity contribution in [2.75, 3.05) is 39.6 Å². The Morgan fingerprint density at radius 3 is 0.350 bits per heavy atom. The summed E-state index contributed by atoms with van der Waals surface area (Å²) >= 11 is 0. The van der Waals surface area contributed by atoms with Gasteiger partial charge in [-0.1, -0.05) is 388 Å². The van der Waals surface area contributed by atoms with E-state index in [0.29, 0.717) is 38.5 Å². The van der Waals surface area contributed by atoms with Crippen LogP contribution in [0.15, 0.2) is 0 Å². The molecular weight excluding hydrogens is 1460 g/mol. The summed E-state index contributed by atoms with van der Waals surface area (Å²) in [5.74, 6) is 0. The fourth-order valence-electron chi connectivity index (χ4n) is 10.5. The van der Waals surface area contributed by atoms with Crippen LogP contribution in [0.4, 0.5) is 0 Å². The van der Waals surface area contributed by atoms with Crippen molar-refractivity contribution in [2.24, 2.45) is 0 Å². The molecule has 0 saturated carbocycles. The average molecular weight is 1620 g/mol. The topological polar surface area (TPSA) is 384 Å². The first-order valence-electron chi connectivity index (χ1n) is 40.1. The van der Waals surface area contributed by atoms with Crippen molar-refractivity contribution >= 4 is 62.4 Å². The Morgan fingerprint density at radius 2 is 0.262 bits per heavy atom. The van der Waals surface area contributed by atoms with Gasteiger partial charge in [-0.3, -0.25) is 26.9 Å². The summed E-state index contributed by atoms with van der Waals surface area (Å²) in [4.78, 5) is 0. The third kappa shape index (κ3) is 145. The number of unbranched alkanes of at least 4 members (excludes halogenated alkanes) is 54. The molecule has 103 heavy (non-hydrogen) atoms. The van der Waals surface area contributed by atoms with E-state index in [1.54, 1.807) is 0 Å². The third-order valence-electron chi connectivity index (χ3n) is 16.4. The molecule has 0 aromatic carbocycles. The summed E-state index contributed by atoms with van der Waals surface area (Å²) in [6, 6.07) is 0. The quantitative estimate of drug-likeness (QED) is 0.0163. The summed E-state index contributed by atoms with van der Waals surface area (Å²) in [6.07, 6.45) is 71.0. The zero-order chi connectivity index (χ0) is 77.9. The fourth-order valence-corrected chi connectivity index (χ4v) is 12.5. The molecule has 0 atom stereocenters. The summed E-state index contributed by atoms with van der Waals surface area (Å²) in [5.41, 5.74) is 0. The molecule has 0 saturated heterocycles. The van der Waals surface area contributed by atoms with Crippen molar-refractivity contribution in [2.45, 2.75) is 427 Å². The maximum absolute atomic E-state index is 10.2. The molecule has 0 aliphatic carbocycles. The first-order valence-corrected chi connectivity index (χ1v) is 48.2. The van der Waals surface area contributed by atoms with Crippen molar-refractivity contribution in [3.8, 4) is 0 Å². The Hall–Kier alpha value is 0.220. The molecule has 0 spiro atoms. The van der Waals surface area contributed by atoms with E-state index >= 15 is 0 Å². The fraction of sp³-hybridized carbons (Fsp3) is 1.00. The Morgan fingerprint density at radius 1 is 0.175 bits per heavy atom. The van der Waals surface area contributed by atoms with E-state index in [0.717, 1.165) is 77.0 Å². The summed E-state index contributed by atoms with van der Waals surface area (Å²) in [7, 11) is -25.7. The van der Waals surface area contributed by atoms with Crippen molar-refractivity contribution < 1.29 is 132 Å². The maximum atomic E-state index is 10.2. The molecule has 0 rings (SSSR count). The normalized spacial score (nSPS) is 11.8. The van der Waals surface area contributed by atoms with Gasteiger partial charge in [-0.05, 0) is 38.5 Å². The van der Waals surface area contributed by atoms with Crippen LogP contribution >= 0.6 is 0 Å². The minimum Gasteiger partial charge on any atom is -0.726 e. The van der Waals surface area contributed by atoms with Crippen LogP contribution in [0, 0.1) is 0 Å². The van der Waals surface area contributed by atoms with Gasteiger partial charge in [0.15, 0.2) is 0 Å². The van der Waals surface area contributed by atoms with E-state index in [4.69, 9.17) is 22.8 Å². The second-order valence-electron chi connectivity index (χ2n) is 26.6. The van der Waals surface area contributed by atoms with Crippen molar-refractivity contribution in [3.63, 3.8) is 0 Å². The third-order valence-corrected chi connectivity index (χ3v) is 19.2. The molecule has 0 fully saturated rings. The van der Waals surface area contributed by atoms with Gasteiger partial charge in [0.05, 0.1) is 39.6 Å². The second kappa shape index (κ2) is 89.4. The number of hydrogen-bond donors (Lipinski definition) is 5. The first-order chi connectivity index (χ1) is 48.4. The maximum Gasteiger partial charge on any atom is 1.00 e. The van der Waals surface area contributed by atoms with E-state index < -0.39 is 62.4 Å². The van der Waals surface area contributed by atoms with Crippen LogP contribution in [-0.2, 0) is 87.5 Å². The molecule has 0 heterocycles. The molecule has 5 N–H and O–H groups in total. The molecule has 0 aliphatic heterocycles. The Labute approximate surface area is 656 Å². The minimum absolute atomic E-state index is 0. The summed E-state index contributed by atoms with van der Waals surface area (Å²) in [6.45, 7) is 13.8. The SMILES string of the molecule is CCCCCCCCCCCCOS(=O)(=O)O.CCCCCCCCCCCCOS(=O)(=O)O.CCCCCCCCCCCCOS(=O)(=O)O.CCCCCCCCCCCCOS(=O)(=O)O.CCCCCCCCCCCCOS(=O)(=O)O.CCCCCCCCCCCCOS(=O)(=O)[O-].[Na+]. The Bertz CT molecular complexity index is 1920. The molecule has 624 valence electrons. The van der Waals surface area contributed by atoms with Crippen molar-refractivity contribution in [1.29, 1.82) is 0 Å². The molecule has 0 unspecified atom stereocenters. The largest absolute Gasteiger partial charge is 1.00 e. The van der Waals surface area contributed by atoms with E-state index in [9.17, 15) is 55.1 Å². The molecule has 0 aromatic rings. The van der Waals surface area contributed by atoms with Crippen molar-refractivity contribution in [1.82, 2.24) is 0 Å². The van der Waals surface area contributed by atoms with E-state index in [1.807, 2.05) is 0 Å². The number of hydrogen-bond acceptors (Lipinski definition) is 19. The van der Waals surface area contributed by atoms with Gasteiger partial charge in [-0.2, -0.15) is 42.1 Å². The van der Waals surface area contributed by atoms with Crippen LogP contribution in [-0.4, -0.2) is 117 Å². The Kier molecular flexibility index (Phi) is 101. The smallest absolute Gasteiger partial charge is 0.726 e. The van der Waals surface area contributed by atoms with Crippen LogP contribution in [0.2, 0.25) is 0 Å². The van der Waals surface area contributed by atoms with Gasteiger partial charge in [0.2, 0.25) is 10.4 Å². The summed E-state index contributed by atoms with van der Waals surface area (Å²) in [5, 5.41) is 0. The molecule has 24 nitrogen and oxygen atoms in total. The van der Waals surface area contributed by atoms with Gasteiger partial charge in [-0.25, -0.2) is 29.3 Å². The molecule has 0 radical (unpaired) electrons. The molecule has 0 amide bonds. The summed E-state index contributed by atoms with van der Waals surface area (Å²) < 4.78 is 199. The molecule has 0 bridgehead atoms. The van der Waals surface area contributed by atoms with E-state index in [-0.39, 0.29) is 69.2 Å². The minimum atomic E-state index is -4.48. The van der Waals surface area contributed by atoms with Gasteiger partial charge in [-0.15, -0.1) is 0 Å². The Balaban J connectivity index is -0.000000214. The van der Waals surface area contributed by atoms with Crippen LogP contribution in [0.25, 0.3) is 0 Å². The second-order valence-corrected chi connectivity index (χ2v) is 33.1. The van der Waals surface area contributed by atoms with Gasteiger partial charge in [0.25, 0.3) is 0 Å². The number of rotatable bonds is 72. The molecule has 0 aliphatic rings. The van der Waals surface area contributed by atoms with Crippen LogP contribution < -0.4 is 29.6 Å². The van der Waals surface area contributed by atoms with Crippen LogP contribution in [0.1, 0.15) is 427 Å². The molecule has 0 aromatic heterocycles. The van der Waals surface area contributed by atoms with E-state index in [1.165, 1.54) is 270 Å². The van der Waals surface area contributed by atoms with Gasteiger partial charge in [0.1, 0.15) is 0 Å². The molecular formula is C72H155NaO24S6.